The van der Waals surface area contributed by atoms with Gasteiger partial charge in [0.15, 0.2) is 5.82 Å². The Balaban J connectivity index is 1.92. The smallest absolute Gasteiger partial charge is 0.151 e. The van der Waals surface area contributed by atoms with Gasteiger partial charge in [0, 0.05) is 11.6 Å². The van der Waals surface area contributed by atoms with Crippen molar-refractivity contribution in [3.8, 4) is 10.6 Å². The molecule has 3 rings (SSSR count). The van der Waals surface area contributed by atoms with E-state index in [1.54, 1.807) is 11.3 Å². The lowest BCUT2D eigenvalue weighted by molar-refractivity contribution is 1.05. The van der Waals surface area contributed by atoms with Crippen molar-refractivity contribution >= 4 is 17.2 Å². The highest BCUT2D eigenvalue weighted by Gasteiger charge is 2.23. The lowest BCUT2D eigenvalue weighted by Crippen LogP contribution is -2.02. The van der Waals surface area contributed by atoms with Crippen molar-refractivity contribution in [2.45, 2.75) is 25.8 Å². The zero-order valence-electron chi connectivity index (χ0n) is 8.58. The van der Waals surface area contributed by atoms with Gasteiger partial charge in [-0.1, -0.05) is 6.07 Å². The van der Waals surface area contributed by atoms with E-state index in [9.17, 15) is 0 Å². The summed E-state index contributed by atoms with van der Waals surface area (Å²) in [6, 6.07) is 4.84. The Bertz CT molecular complexity index is 454. The van der Waals surface area contributed by atoms with Gasteiger partial charge in [0.05, 0.1) is 10.6 Å². The first-order valence-corrected chi connectivity index (χ1v) is 6.08. The molecule has 2 heterocycles. The van der Waals surface area contributed by atoms with E-state index >= 15 is 0 Å². The Morgan fingerprint density at radius 2 is 2.40 bits per heavy atom. The molecule has 0 radical (unpaired) electrons. The Morgan fingerprint density at radius 1 is 1.53 bits per heavy atom. The molecule has 78 valence electrons. The molecule has 1 saturated carbocycles. The number of nitrogens with zero attached hydrogens (tertiary/aromatic N) is 1. The van der Waals surface area contributed by atoms with Crippen LogP contribution in [0.15, 0.2) is 17.5 Å². The van der Waals surface area contributed by atoms with Gasteiger partial charge in [-0.2, -0.15) is 5.10 Å². The third-order valence-electron chi connectivity index (χ3n) is 2.70. The quantitative estimate of drug-likeness (QED) is 0.833. The van der Waals surface area contributed by atoms with Gasteiger partial charge in [-0.3, -0.25) is 5.10 Å². The van der Waals surface area contributed by atoms with E-state index in [1.165, 1.54) is 23.3 Å². The predicted octanol–water partition coefficient (Wildman–Crippen LogP) is 3.02. The molecule has 0 atom stereocenters. The Morgan fingerprint density at radius 3 is 3.07 bits per heavy atom. The minimum absolute atomic E-state index is 0.656. The Hall–Kier alpha value is -1.29. The van der Waals surface area contributed by atoms with Crippen molar-refractivity contribution in [1.82, 2.24) is 10.2 Å². The highest BCUT2D eigenvalue weighted by atomic mass is 32.1. The summed E-state index contributed by atoms with van der Waals surface area (Å²) in [4.78, 5) is 1.25. The number of aromatic amines is 1. The maximum absolute atomic E-state index is 4.32. The number of aromatic nitrogens is 2. The molecule has 0 bridgehead atoms. The zero-order chi connectivity index (χ0) is 10.3. The summed E-state index contributed by atoms with van der Waals surface area (Å²) in [5.41, 5.74) is 2.37. The summed E-state index contributed by atoms with van der Waals surface area (Å²) in [5.74, 6) is 1.01. The minimum atomic E-state index is 0.656. The number of rotatable bonds is 3. The van der Waals surface area contributed by atoms with Crippen LogP contribution in [0.25, 0.3) is 10.6 Å². The number of nitrogens with one attached hydrogen (secondary N) is 2. The third-order valence-corrected chi connectivity index (χ3v) is 3.58. The first-order chi connectivity index (χ1) is 7.34. The summed E-state index contributed by atoms with van der Waals surface area (Å²) in [5, 5.41) is 12.9. The normalized spacial score (nSPS) is 15.5. The average Bonchev–Trinajstić information content (AvgIpc) is 2.75. The largest absolute Gasteiger partial charge is 0.366 e. The number of hydrogen-bond acceptors (Lipinski definition) is 3. The molecular weight excluding hydrogens is 206 g/mol. The first kappa shape index (κ1) is 8.97. The van der Waals surface area contributed by atoms with Crippen LogP contribution in [0.1, 0.15) is 18.4 Å². The second-order valence-corrected chi connectivity index (χ2v) is 4.92. The van der Waals surface area contributed by atoms with Crippen LogP contribution in [0, 0.1) is 6.92 Å². The second-order valence-electron chi connectivity index (χ2n) is 3.97. The SMILES string of the molecule is Cc1c(NC2CC2)n[nH]c1-c1cccs1. The van der Waals surface area contributed by atoms with E-state index in [1.807, 2.05) is 0 Å². The van der Waals surface area contributed by atoms with Crippen molar-refractivity contribution in [3.05, 3.63) is 23.1 Å². The monoisotopic (exact) mass is 219 g/mol. The van der Waals surface area contributed by atoms with Gasteiger partial charge in [0.1, 0.15) is 0 Å². The molecule has 1 aliphatic rings. The lowest BCUT2D eigenvalue weighted by Gasteiger charge is -2.00. The van der Waals surface area contributed by atoms with E-state index < -0.39 is 0 Å². The van der Waals surface area contributed by atoms with Crippen molar-refractivity contribution in [2.24, 2.45) is 0 Å². The highest BCUT2D eigenvalue weighted by molar-refractivity contribution is 7.13. The maximum Gasteiger partial charge on any atom is 0.151 e. The molecule has 2 N–H and O–H groups in total. The molecule has 4 heteroatoms. The average molecular weight is 219 g/mol. The van der Waals surface area contributed by atoms with Crippen LogP contribution in [-0.2, 0) is 0 Å². The summed E-state index contributed by atoms with van der Waals surface area (Å²) >= 11 is 1.74. The fourth-order valence-electron chi connectivity index (χ4n) is 1.62. The molecule has 0 saturated heterocycles. The number of H-pyrrole nitrogens is 1. The Labute approximate surface area is 92.5 Å². The molecule has 0 spiro atoms. The summed E-state index contributed by atoms with van der Waals surface area (Å²) < 4.78 is 0. The molecule has 15 heavy (non-hydrogen) atoms. The van der Waals surface area contributed by atoms with Crippen molar-refractivity contribution in [2.75, 3.05) is 5.32 Å². The fourth-order valence-corrected chi connectivity index (χ4v) is 2.40. The van der Waals surface area contributed by atoms with Crippen LogP contribution in [0.4, 0.5) is 5.82 Å². The van der Waals surface area contributed by atoms with Crippen molar-refractivity contribution in [3.63, 3.8) is 0 Å². The van der Waals surface area contributed by atoms with Gasteiger partial charge in [-0.05, 0) is 31.2 Å². The lowest BCUT2D eigenvalue weighted by atomic mass is 10.2. The van der Waals surface area contributed by atoms with Gasteiger partial charge in [0.2, 0.25) is 0 Å². The fraction of sp³-hybridized carbons (Fsp3) is 0.364. The van der Waals surface area contributed by atoms with E-state index in [2.05, 4.69) is 40.0 Å². The maximum atomic E-state index is 4.32. The van der Waals surface area contributed by atoms with Crippen LogP contribution in [0.2, 0.25) is 0 Å². The van der Waals surface area contributed by atoms with Crippen LogP contribution >= 0.6 is 11.3 Å². The van der Waals surface area contributed by atoms with E-state index in [-0.39, 0.29) is 0 Å². The molecular formula is C11H13N3S. The molecule has 2 aromatic rings. The van der Waals surface area contributed by atoms with Gasteiger partial charge in [-0.15, -0.1) is 11.3 Å². The number of anilines is 1. The zero-order valence-corrected chi connectivity index (χ0v) is 9.40. The van der Waals surface area contributed by atoms with Crippen LogP contribution in [0.3, 0.4) is 0 Å². The summed E-state index contributed by atoms with van der Waals surface area (Å²) in [6.07, 6.45) is 2.56. The standard InChI is InChI=1S/C11H13N3S/c1-7-10(9-3-2-6-15-9)13-14-11(7)12-8-4-5-8/h2-3,6,8H,4-5H2,1H3,(H2,12,13,14). The highest BCUT2D eigenvalue weighted by Crippen LogP contribution is 2.31. The third kappa shape index (κ3) is 1.65. The van der Waals surface area contributed by atoms with Crippen LogP contribution in [0.5, 0.6) is 0 Å². The van der Waals surface area contributed by atoms with Gasteiger partial charge < -0.3 is 5.32 Å². The first-order valence-electron chi connectivity index (χ1n) is 5.20. The van der Waals surface area contributed by atoms with Crippen LogP contribution < -0.4 is 5.32 Å². The Kier molecular flexibility index (Phi) is 2.02. The second kappa shape index (κ2) is 3.38. The van der Waals surface area contributed by atoms with Crippen molar-refractivity contribution < 1.29 is 0 Å². The topological polar surface area (TPSA) is 40.7 Å². The van der Waals surface area contributed by atoms with Gasteiger partial charge in [0.25, 0.3) is 0 Å². The molecule has 3 nitrogen and oxygen atoms in total. The van der Waals surface area contributed by atoms with Gasteiger partial charge >= 0.3 is 0 Å². The molecule has 2 aromatic heterocycles. The molecule has 0 amide bonds. The predicted molar refractivity (Wildman–Crippen MR) is 63.3 cm³/mol. The van der Waals surface area contributed by atoms with E-state index in [4.69, 9.17) is 0 Å². The number of hydrogen-bond donors (Lipinski definition) is 2. The van der Waals surface area contributed by atoms with E-state index in [0.29, 0.717) is 6.04 Å². The summed E-state index contributed by atoms with van der Waals surface area (Å²) in [6.45, 7) is 2.11. The molecule has 0 aromatic carbocycles. The molecule has 1 aliphatic carbocycles. The molecule has 0 aliphatic heterocycles. The van der Waals surface area contributed by atoms with Crippen molar-refractivity contribution in [1.29, 1.82) is 0 Å². The van der Waals surface area contributed by atoms with E-state index in [0.717, 1.165) is 11.5 Å². The van der Waals surface area contributed by atoms with Gasteiger partial charge in [-0.25, -0.2) is 0 Å². The number of thiophene rings is 1. The molecule has 1 fully saturated rings. The minimum Gasteiger partial charge on any atom is -0.366 e. The summed E-state index contributed by atoms with van der Waals surface area (Å²) in [7, 11) is 0. The van der Waals surface area contributed by atoms with Crippen LogP contribution in [-0.4, -0.2) is 16.2 Å². The molecule has 0 unspecified atom stereocenters.